The zero-order chi connectivity index (χ0) is 22.9. The Morgan fingerprint density at radius 2 is 2.12 bits per heavy atom. The minimum Gasteiger partial charge on any atom is -0.381 e. The molecule has 3 aliphatic heterocycles. The van der Waals surface area contributed by atoms with Gasteiger partial charge in [-0.25, -0.2) is 9.97 Å². The maximum absolute atomic E-state index is 13.9. The van der Waals surface area contributed by atoms with E-state index in [-0.39, 0.29) is 23.7 Å². The van der Waals surface area contributed by atoms with E-state index in [4.69, 9.17) is 9.72 Å². The van der Waals surface area contributed by atoms with Gasteiger partial charge in [0.05, 0.1) is 47.9 Å². The van der Waals surface area contributed by atoms with E-state index in [2.05, 4.69) is 29.6 Å². The summed E-state index contributed by atoms with van der Waals surface area (Å²) in [5, 5.41) is 3.05. The van der Waals surface area contributed by atoms with Gasteiger partial charge in [0, 0.05) is 49.1 Å². The Morgan fingerprint density at radius 1 is 1.33 bits per heavy atom. The number of rotatable bonds is 5. The zero-order valence-electron chi connectivity index (χ0n) is 19.4. The van der Waals surface area contributed by atoms with Gasteiger partial charge < -0.3 is 19.1 Å². The van der Waals surface area contributed by atoms with Crippen molar-refractivity contribution >= 4 is 23.2 Å². The van der Waals surface area contributed by atoms with Gasteiger partial charge in [0.15, 0.2) is 0 Å². The highest BCUT2D eigenvalue weighted by molar-refractivity contribution is 7.09. The molecule has 0 N–H and O–H groups in total. The Morgan fingerprint density at radius 3 is 2.79 bits per heavy atom. The molecule has 0 aromatic carbocycles. The third kappa shape index (κ3) is 3.34. The maximum Gasteiger partial charge on any atom is 0.231 e. The number of nitrogens with zero attached hydrogens (tertiary/aromatic N) is 5. The number of carbonyl (C=O) groups is 2. The van der Waals surface area contributed by atoms with E-state index in [1.807, 2.05) is 28.4 Å². The summed E-state index contributed by atoms with van der Waals surface area (Å²) in [6.45, 7) is 9.92. The fraction of sp³-hybridized carbons (Fsp3) is 0.667. The lowest BCUT2D eigenvalue weighted by Gasteiger charge is -2.27. The molecule has 33 heavy (non-hydrogen) atoms. The quantitative estimate of drug-likeness (QED) is 0.672. The van der Waals surface area contributed by atoms with Crippen LogP contribution in [0, 0.1) is 30.1 Å². The first-order chi connectivity index (χ1) is 15.9. The van der Waals surface area contributed by atoms with Gasteiger partial charge in [0.25, 0.3) is 0 Å². The third-order valence-electron chi connectivity index (χ3n) is 8.23. The maximum atomic E-state index is 13.9. The van der Waals surface area contributed by atoms with Gasteiger partial charge in [-0.05, 0) is 39.0 Å². The van der Waals surface area contributed by atoms with Crippen molar-refractivity contribution < 1.29 is 14.3 Å². The van der Waals surface area contributed by atoms with E-state index < -0.39 is 5.41 Å². The van der Waals surface area contributed by atoms with Crippen LogP contribution in [0.25, 0.3) is 0 Å². The summed E-state index contributed by atoms with van der Waals surface area (Å²) in [5.41, 5.74) is 1.27. The first-order valence-electron chi connectivity index (χ1n) is 12.0. The van der Waals surface area contributed by atoms with E-state index in [9.17, 15) is 9.59 Å². The largest absolute Gasteiger partial charge is 0.381 e. The summed E-state index contributed by atoms with van der Waals surface area (Å²) in [6.07, 6.45) is 4.68. The molecular formula is C24H31N5O3S. The lowest BCUT2D eigenvalue weighted by Crippen LogP contribution is -2.40. The third-order valence-corrected chi connectivity index (χ3v) is 9.05. The van der Waals surface area contributed by atoms with Gasteiger partial charge in [0.2, 0.25) is 11.8 Å². The molecule has 2 amide bonds. The Labute approximate surface area is 197 Å². The summed E-state index contributed by atoms with van der Waals surface area (Å²) in [4.78, 5) is 40.6. The van der Waals surface area contributed by atoms with Crippen LogP contribution in [0.2, 0.25) is 0 Å². The fourth-order valence-electron chi connectivity index (χ4n) is 6.24. The summed E-state index contributed by atoms with van der Waals surface area (Å²) >= 11 is 1.61. The first kappa shape index (κ1) is 21.3. The molecular weight excluding hydrogens is 438 g/mol. The van der Waals surface area contributed by atoms with Gasteiger partial charge in [-0.2, -0.15) is 0 Å². The Kier molecular flexibility index (Phi) is 4.92. The molecule has 0 bridgehead atoms. The van der Waals surface area contributed by atoms with Crippen LogP contribution in [0.5, 0.6) is 0 Å². The number of carbonyl (C=O) groups excluding carboxylic acids is 2. The number of likely N-dealkylation sites (tertiary alicyclic amines) is 2. The molecule has 0 radical (unpaired) electrons. The Balaban J connectivity index is 1.28. The second kappa shape index (κ2) is 7.63. The van der Waals surface area contributed by atoms with Crippen LogP contribution in [0.4, 0.5) is 0 Å². The van der Waals surface area contributed by atoms with Crippen molar-refractivity contribution in [1.82, 2.24) is 24.3 Å². The summed E-state index contributed by atoms with van der Waals surface area (Å²) < 4.78 is 7.59. The minimum absolute atomic E-state index is 0.0772. The van der Waals surface area contributed by atoms with Gasteiger partial charge in [-0.15, -0.1) is 11.3 Å². The standard InChI is InChI=1S/C24H31N5O3S/c1-14(2)29-8-20(25-13-29)19-7-28(22(30)21-17-9-32-10-18(17)21)12-24(19)4-5-27(23(24)31)6-16-11-33-15(3)26-16/h8,11,13-14,17-19,21H,4-7,9-10,12H2,1-3H3/t17-,18+,19?,21?,24?. The summed E-state index contributed by atoms with van der Waals surface area (Å²) in [6, 6.07) is 0.302. The molecule has 176 valence electrons. The summed E-state index contributed by atoms with van der Waals surface area (Å²) in [5.74, 6) is 1.10. The average molecular weight is 470 g/mol. The second-order valence-electron chi connectivity index (χ2n) is 10.5. The van der Waals surface area contributed by atoms with Crippen molar-refractivity contribution in [1.29, 1.82) is 0 Å². The highest BCUT2D eigenvalue weighted by Gasteiger charge is 2.63. The average Bonchev–Trinajstić information content (AvgIpc) is 3.43. The van der Waals surface area contributed by atoms with Crippen LogP contribution >= 0.6 is 11.3 Å². The Hall–Kier alpha value is -2.26. The Bertz CT molecular complexity index is 1090. The number of imidazole rings is 1. The highest BCUT2D eigenvalue weighted by atomic mass is 32.1. The number of amides is 2. The van der Waals surface area contributed by atoms with Crippen LogP contribution in [0.3, 0.4) is 0 Å². The lowest BCUT2D eigenvalue weighted by atomic mass is 9.75. The first-order valence-corrected chi connectivity index (χ1v) is 12.9. The molecule has 8 nitrogen and oxygen atoms in total. The van der Waals surface area contributed by atoms with Crippen LogP contribution in [0.15, 0.2) is 17.9 Å². The van der Waals surface area contributed by atoms with Crippen LogP contribution in [-0.4, -0.2) is 69.0 Å². The number of thiazole rings is 1. The van der Waals surface area contributed by atoms with Crippen molar-refractivity contribution in [2.45, 2.75) is 45.7 Å². The van der Waals surface area contributed by atoms with Crippen molar-refractivity contribution in [3.05, 3.63) is 34.3 Å². The number of fused-ring (bicyclic) bond motifs is 1. The molecule has 4 aliphatic rings. The highest BCUT2D eigenvalue weighted by Crippen LogP contribution is 2.55. The molecule has 1 aliphatic carbocycles. The molecule has 5 heterocycles. The zero-order valence-corrected chi connectivity index (χ0v) is 20.3. The molecule has 3 saturated heterocycles. The number of hydrogen-bond acceptors (Lipinski definition) is 6. The van der Waals surface area contributed by atoms with Crippen LogP contribution in [-0.2, 0) is 20.9 Å². The van der Waals surface area contributed by atoms with Crippen molar-refractivity contribution in [2.75, 3.05) is 32.8 Å². The van der Waals surface area contributed by atoms with Gasteiger partial charge in [0.1, 0.15) is 0 Å². The van der Waals surface area contributed by atoms with E-state index in [0.717, 1.165) is 22.8 Å². The number of ether oxygens (including phenoxy) is 1. The van der Waals surface area contributed by atoms with E-state index >= 15 is 0 Å². The van der Waals surface area contributed by atoms with Gasteiger partial charge in [-0.1, -0.05) is 0 Å². The van der Waals surface area contributed by atoms with Crippen molar-refractivity contribution in [3.63, 3.8) is 0 Å². The topological polar surface area (TPSA) is 80.6 Å². The number of aromatic nitrogens is 3. The number of hydrogen-bond donors (Lipinski definition) is 0. The second-order valence-corrected chi connectivity index (χ2v) is 11.6. The molecule has 9 heteroatoms. The predicted molar refractivity (Wildman–Crippen MR) is 123 cm³/mol. The molecule has 6 rings (SSSR count). The number of aryl methyl sites for hydroxylation is 1. The SMILES string of the molecule is Cc1nc(CN2CCC3(CN(C(=O)C4[C@H]5COC[C@@H]45)CC3c3cn(C(C)C)cn3)C2=O)cs1. The van der Waals surface area contributed by atoms with Crippen LogP contribution < -0.4 is 0 Å². The molecule has 4 fully saturated rings. The minimum atomic E-state index is -0.600. The van der Waals surface area contributed by atoms with E-state index in [0.29, 0.717) is 57.3 Å². The summed E-state index contributed by atoms with van der Waals surface area (Å²) in [7, 11) is 0. The lowest BCUT2D eigenvalue weighted by molar-refractivity contribution is -0.138. The van der Waals surface area contributed by atoms with Gasteiger partial charge in [-0.3, -0.25) is 9.59 Å². The van der Waals surface area contributed by atoms with Crippen LogP contribution in [0.1, 0.15) is 48.6 Å². The normalized spacial score (nSPS) is 33.0. The molecule has 1 spiro atoms. The van der Waals surface area contributed by atoms with Crippen molar-refractivity contribution in [3.8, 4) is 0 Å². The molecule has 5 atom stereocenters. The molecule has 2 aromatic heterocycles. The van der Waals surface area contributed by atoms with E-state index in [1.54, 1.807) is 11.3 Å². The smallest absolute Gasteiger partial charge is 0.231 e. The van der Waals surface area contributed by atoms with E-state index in [1.165, 1.54) is 0 Å². The molecule has 2 aromatic rings. The monoisotopic (exact) mass is 469 g/mol. The molecule has 1 saturated carbocycles. The predicted octanol–water partition coefficient (Wildman–Crippen LogP) is 2.47. The van der Waals surface area contributed by atoms with Crippen molar-refractivity contribution in [2.24, 2.45) is 23.2 Å². The van der Waals surface area contributed by atoms with Gasteiger partial charge >= 0.3 is 0 Å². The molecule has 3 unspecified atom stereocenters. The fourth-order valence-corrected chi connectivity index (χ4v) is 6.85.